The molecule has 1 aromatic heterocycles. The molecule has 0 radical (unpaired) electrons. The fourth-order valence-corrected chi connectivity index (χ4v) is 5.14. The van der Waals surface area contributed by atoms with E-state index in [9.17, 15) is 10.1 Å². The number of fused-ring (bicyclic) bond motifs is 1. The number of rotatable bonds is 5. The summed E-state index contributed by atoms with van der Waals surface area (Å²) >= 11 is 1.82. The van der Waals surface area contributed by atoms with Gasteiger partial charge in [0.05, 0.1) is 30.4 Å². The highest BCUT2D eigenvalue weighted by molar-refractivity contribution is 7.99. The molecule has 0 saturated carbocycles. The van der Waals surface area contributed by atoms with Crippen molar-refractivity contribution in [1.29, 1.82) is 5.26 Å². The van der Waals surface area contributed by atoms with Crippen LogP contribution in [0.1, 0.15) is 29.7 Å². The molecule has 0 spiro atoms. The van der Waals surface area contributed by atoms with Crippen molar-refractivity contribution in [1.82, 2.24) is 4.57 Å². The monoisotopic (exact) mass is 410 g/mol. The first-order valence-electron chi connectivity index (χ1n) is 10.1. The first-order valence-corrected chi connectivity index (χ1v) is 11.0. The number of carbonyl (C=O) groups excluding carboxylic acids is 1. The summed E-state index contributed by atoms with van der Waals surface area (Å²) in [5, 5.41) is 12.7. The third-order valence-corrected chi connectivity index (χ3v) is 6.81. The molecule has 1 saturated heterocycles. The summed E-state index contributed by atoms with van der Waals surface area (Å²) in [6, 6.07) is 10.5. The number of hydrogen-bond acceptors (Lipinski definition) is 5. The van der Waals surface area contributed by atoms with Gasteiger partial charge in [-0.3, -0.25) is 4.79 Å². The van der Waals surface area contributed by atoms with Crippen molar-refractivity contribution in [3.63, 3.8) is 0 Å². The van der Waals surface area contributed by atoms with Gasteiger partial charge in [0.1, 0.15) is 11.9 Å². The molecule has 7 heteroatoms. The maximum Gasteiger partial charge on any atom is 0.245 e. The van der Waals surface area contributed by atoms with Gasteiger partial charge in [-0.2, -0.15) is 5.26 Å². The third-order valence-electron chi connectivity index (χ3n) is 5.77. The van der Waals surface area contributed by atoms with E-state index < -0.39 is 0 Å². The minimum absolute atomic E-state index is 0.103. The van der Waals surface area contributed by atoms with Crippen LogP contribution in [0.25, 0.3) is 0 Å². The maximum absolute atomic E-state index is 13.0. The zero-order valence-electron chi connectivity index (χ0n) is 16.9. The summed E-state index contributed by atoms with van der Waals surface area (Å²) in [4.78, 5) is 16.3. The lowest BCUT2D eigenvalue weighted by Crippen LogP contribution is -2.37. The maximum atomic E-state index is 13.0. The first-order chi connectivity index (χ1) is 14.1. The van der Waals surface area contributed by atoms with Gasteiger partial charge in [0.15, 0.2) is 0 Å². The lowest BCUT2D eigenvalue weighted by Gasteiger charge is -2.30. The molecule has 0 bridgehead atoms. The molecule has 0 unspecified atom stereocenters. The normalized spacial score (nSPS) is 18.4. The number of nitrogens with one attached hydrogen (secondary N) is 1. The molecule has 1 aromatic carbocycles. The van der Waals surface area contributed by atoms with Gasteiger partial charge in [-0.15, -0.1) is 11.8 Å². The Morgan fingerprint density at radius 2 is 2.21 bits per heavy atom. The molecular formula is C22H26N4O2S. The number of hydrogen-bond donors (Lipinski definition) is 1. The summed E-state index contributed by atoms with van der Waals surface area (Å²) in [5.41, 5.74) is 3.57. The highest BCUT2D eigenvalue weighted by Crippen LogP contribution is 2.34. The van der Waals surface area contributed by atoms with Crippen LogP contribution in [0, 0.1) is 25.2 Å². The Labute approximate surface area is 175 Å². The number of amides is 1. The van der Waals surface area contributed by atoms with Crippen LogP contribution in [0.3, 0.4) is 0 Å². The Morgan fingerprint density at radius 1 is 1.38 bits per heavy atom. The van der Waals surface area contributed by atoms with Crippen LogP contribution in [0.15, 0.2) is 29.2 Å². The topological polar surface area (TPSA) is 70.3 Å². The van der Waals surface area contributed by atoms with Gasteiger partial charge in [0.2, 0.25) is 5.91 Å². The number of benzene rings is 1. The molecule has 2 aromatic rings. The van der Waals surface area contributed by atoms with Gasteiger partial charge in [0.25, 0.3) is 0 Å². The Hall–Kier alpha value is -2.43. The summed E-state index contributed by atoms with van der Waals surface area (Å²) in [6.07, 6.45) is 2.20. The zero-order chi connectivity index (χ0) is 20.4. The molecule has 1 fully saturated rings. The van der Waals surface area contributed by atoms with E-state index in [0.717, 1.165) is 48.7 Å². The Balaban J connectivity index is 1.55. The molecule has 152 valence electrons. The second kappa shape index (κ2) is 8.52. The average molecular weight is 411 g/mol. The van der Waals surface area contributed by atoms with Gasteiger partial charge in [-0.1, -0.05) is 12.1 Å². The summed E-state index contributed by atoms with van der Waals surface area (Å²) in [5.74, 6) is 1.46. The number of nitriles is 1. The van der Waals surface area contributed by atoms with Crippen LogP contribution in [0.4, 0.5) is 11.5 Å². The van der Waals surface area contributed by atoms with E-state index in [4.69, 9.17) is 4.74 Å². The van der Waals surface area contributed by atoms with Crippen molar-refractivity contribution in [3.05, 3.63) is 41.1 Å². The molecule has 2 aliphatic heterocycles. The fraction of sp³-hybridized carbons (Fsp3) is 0.455. The number of ether oxygens (including phenoxy) is 1. The van der Waals surface area contributed by atoms with Gasteiger partial charge in [-0.25, -0.2) is 0 Å². The second-order valence-electron chi connectivity index (χ2n) is 7.58. The van der Waals surface area contributed by atoms with Crippen molar-refractivity contribution in [2.24, 2.45) is 0 Å². The van der Waals surface area contributed by atoms with Crippen molar-refractivity contribution in [2.75, 3.05) is 35.7 Å². The average Bonchev–Trinajstić information content (AvgIpc) is 3.31. The summed E-state index contributed by atoms with van der Waals surface area (Å²) < 4.78 is 7.83. The molecule has 1 N–H and O–H groups in total. The molecule has 1 amide bonds. The van der Waals surface area contributed by atoms with Crippen molar-refractivity contribution in [3.8, 4) is 6.07 Å². The smallest absolute Gasteiger partial charge is 0.245 e. The third kappa shape index (κ3) is 4.00. The van der Waals surface area contributed by atoms with E-state index in [1.807, 2.05) is 42.3 Å². The largest absolute Gasteiger partial charge is 0.376 e. The van der Waals surface area contributed by atoms with E-state index in [1.54, 1.807) is 0 Å². The molecule has 1 atom stereocenters. The van der Waals surface area contributed by atoms with Crippen molar-refractivity contribution in [2.45, 2.75) is 44.2 Å². The molecule has 6 nitrogen and oxygen atoms in total. The first kappa shape index (κ1) is 19.9. The molecule has 3 heterocycles. The van der Waals surface area contributed by atoms with Gasteiger partial charge in [0, 0.05) is 29.5 Å². The Kier molecular flexibility index (Phi) is 5.84. The van der Waals surface area contributed by atoms with E-state index >= 15 is 0 Å². The lowest BCUT2D eigenvalue weighted by molar-refractivity contribution is -0.115. The molecule has 2 aliphatic rings. The SMILES string of the molecule is Cc1c(C#N)c(NC(=O)CN2CCSc3ccccc32)n(C[C@H]2CCCO2)c1C. The minimum atomic E-state index is -0.103. The van der Waals surface area contributed by atoms with Gasteiger partial charge in [-0.05, 0) is 44.4 Å². The predicted octanol–water partition coefficient (Wildman–Crippen LogP) is 3.71. The quantitative estimate of drug-likeness (QED) is 0.814. The lowest BCUT2D eigenvalue weighted by atomic mass is 10.2. The summed E-state index contributed by atoms with van der Waals surface area (Å²) in [6.45, 7) is 6.48. The summed E-state index contributed by atoms with van der Waals surface area (Å²) in [7, 11) is 0. The molecular weight excluding hydrogens is 384 g/mol. The molecule has 29 heavy (non-hydrogen) atoms. The minimum Gasteiger partial charge on any atom is -0.376 e. The van der Waals surface area contributed by atoms with Crippen molar-refractivity contribution >= 4 is 29.2 Å². The standard InChI is InChI=1S/C22H26N4O2S/c1-15-16(2)26(13-17-6-5-10-28-17)22(18(15)12-23)24-21(27)14-25-9-11-29-20-8-4-3-7-19(20)25/h3-4,7-8,17H,5-6,9-11,13-14H2,1-2H3,(H,24,27)/t17-/m1/s1. The number of thioether (sulfide) groups is 1. The highest BCUT2D eigenvalue weighted by Gasteiger charge is 2.25. The Bertz CT molecular complexity index is 956. The number of para-hydroxylation sites is 1. The predicted molar refractivity (Wildman–Crippen MR) is 116 cm³/mol. The number of aromatic nitrogens is 1. The van der Waals surface area contributed by atoms with Crippen LogP contribution < -0.4 is 10.2 Å². The van der Waals surface area contributed by atoms with Crippen molar-refractivity contribution < 1.29 is 9.53 Å². The molecule has 4 rings (SSSR count). The van der Waals surface area contributed by atoms with Crippen LogP contribution in [-0.2, 0) is 16.1 Å². The zero-order valence-corrected chi connectivity index (χ0v) is 17.7. The van der Waals surface area contributed by atoms with E-state index in [2.05, 4.69) is 28.4 Å². The van der Waals surface area contributed by atoms with Crippen LogP contribution >= 0.6 is 11.8 Å². The van der Waals surface area contributed by atoms with E-state index in [-0.39, 0.29) is 18.6 Å². The van der Waals surface area contributed by atoms with Gasteiger partial charge >= 0.3 is 0 Å². The Morgan fingerprint density at radius 3 is 2.97 bits per heavy atom. The number of anilines is 2. The number of carbonyl (C=O) groups is 1. The second-order valence-corrected chi connectivity index (χ2v) is 8.71. The van der Waals surface area contributed by atoms with Crippen LogP contribution in [-0.4, -0.2) is 42.0 Å². The van der Waals surface area contributed by atoms with E-state index in [1.165, 1.54) is 4.90 Å². The molecule has 0 aliphatic carbocycles. The van der Waals surface area contributed by atoms with Gasteiger partial charge < -0.3 is 19.5 Å². The fourth-order valence-electron chi connectivity index (χ4n) is 4.09. The van der Waals surface area contributed by atoms with E-state index in [0.29, 0.717) is 17.9 Å². The van der Waals surface area contributed by atoms with Crippen LogP contribution in [0.2, 0.25) is 0 Å². The van der Waals surface area contributed by atoms with Crippen LogP contribution in [0.5, 0.6) is 0 Å². The highest BCUT2D eigenvalue weighted by atomic mass is 32.2. The number of nitrogens with zero attached hydrogens (tertiary/aromatic N) is 3.